The zero-order chi connectivity index (χ0) is 20.1. The zero-order valence-electron chi connectivity index (χ0n) is 15.9. The van der Waals surface area contributed by atoms with Crippen molar-refractivity contribution < 1.29 is 23.1 Å². The summed E-state index contributed by atoms with van der Waals surface area (Å²) < 4.78 is 27.4. The van der Waals surface area contributed by atoms with Crippen LogP contribution in [-0.4, -0.2) is 38.0 Å². The number of nitrogens with one attached hydrogen (secondary N) is 2. The molecule has 0 aromatic heterocycles. The predicted molar refractivity (Wildman–Crippen MR) is 99.5 cm³/mol. The summed E-state index contributed by atoms with van der Waals surface area (Å²) in [6.07, 6.45) is 0.471. The highest BCUT2D eigenvalue weighted by Crippen LogP contribution is 2.21. The van der Waals surface area contributed by atoms with Gasteiger partial charge < -0.3 is 10.4 Å². The third-order valence-corrected chi connectivity index (χ3v) is 6.08. The summed E-state index contributed by atoms with van der Waals surface area (Å²) in [5.41, 5.74) is 2.26. The van der Waals surface area contributed by atoms with E-state index >= 15 is 0 Å². The van der Waals surface area contributed by atoms with Gasteiger partial charge in [-0.05, 0) is 37.8 Å². The maximum atomic E-state index is 12.5. The van der Waals surface area contributed by atoms with E-state index in [0.29, 0.717) is 17.5 Å². The van der Waals surface area contributed by atoms with E-state index < -0.39 is 27.9 Å². The number of aliphatic carboxylic acids is 1. The quantitative estimate of drug-likeness (QED) is 0.602. The standard InChI is InChI=1S/C18H28N2O5S/c1-6-12(3)16(18(22)23)20-15(21)7-8-19-26(24,25)17-13(4)9-11(2)10-14(17)5/h9-10,12,16,19H,6-8H2,1-5H3,(H,20,21)(H,22,23)/t12-,16-/m0/s1. The highest BCUT2D eigenvalue weighted by Gasteiger charge is 2.25. The summed E-state index contributed by atoms with van der Waals surface area (Å²) in [4.78, 5) is 23.4. The van der Waals surface area contributed by atoms with Crippen LogP contribution in [0.15, 0.2) is 17.0 Å². The van der Waals surface area contributed by atoms with Crippen LogP contribution in [0, 0.1) is 26.7 Å². The lowest BCUT2D eigenvalue weighted by atomic mass is 9.99. The number of carbonyl (C=O) groups is 2. The molecule has 0 bridgehead atoms. The molecule has 3 N–H and O–H groups in total. The third kappa shape index (κ3) is 5.81. The largest absolute Gasteiger partial charge is 0.480 e. The number of benzene rings is 1. The van der Waals surface area contributed by atoms with E-state index in [2.05, 4.69) is 10.0 Å². The van der Waals surface area contributed by atoms with Crippen LogP contribution in [-0.2, 0) is 19.6 Å². The molecule has 1 aromatic carbocycles. The molecule has 0 radical (unpaired) electrons. The van der Waals surface area contributed by atoms with E-state index in [9.17, 15) is 23.1 Å². The Kier molecular flexibility index (Phi) is 7.77. The maximum absolute atomic E-state index is 12.5. The van der Waals surface area contributed by atoms with Gasteiger partial charge in [-0.3, -0.25) is 4.79 Å². The normalized spacial score (nSPS) is 13.9. The van der Waals surface area contributed by atoms with Gasteiger partial charge >= 0.3 is 5.97 Å². The molecule has 146 valence electrons. The van der Waals surface area contributed by atoms with Gasteiger partial charge in [-0.1, -0.05) is 38.0 Å². The number of aryl methyl sites for hydroxylation is 3. The minimum Gasteiger partial charge on any atom is -0.480 e. The second-order valence-electron chi connectivity index (χ2n) is 6.64. The van der Waals surface area contributed by atoms with Crippen LogP contribution in [0.3, 0.4) is 0 Å². The second-order valence-corrected chi connectivity index (χ2v) is 8.35. The third-order valence-electron chi connectivity index (χ3n) is 4.31. The summed E-state index contributed by atoms with van der Waals surface area (Å²) in [7, 11) is -3.75. The predicted octanol–water partition coefficient (Wildman–Crippen LogP) is 1.90. The Labute approximate surface area is 155 Å². The lowest BCUT2D eigenvalue weighted by Gasteiger charge is -2.20. The first-order valence-corrected chi connectivity index (χ1v) is 10.1. The topological polar surface area (TPSA) is 113 Å². The number of carboxylic acids is 1. The van der Waals surface area contributed by atoms with E-state index in [4.69, 9.17) is 0 Å². The molecule has 0 saturated carbocycles. The van der Waals surface area contributed by atoms with Crippen molar-refractivity contribution in [1.29, 1.82) is 0 Å². The Bertz CT molecular complexity index is 751. The number of carbonyl (C=O) groups excluding carboxylic acids is 1. The van der Waals surface area contributed by atoms with Gasteiger partial charge in [0.15, 0.2) is 0 Å². The van der Waals surface area contributed by atoms with Crippen molar-refractivity contribution in [2.75, 3.05) is 6.54 Å². The molecule has 0 saturated heterocycles. The van der Waals surface area contributed by atoms with Gasteiger partial charge in [0.05, 0.1) is 4.90 Å². The first-order valence-electron chi connectivity index (χ1n) is 8.59. The van der Waals surface area contributed by atoms with Crippen LogP contribution in [0.1, 0.15) is 43.4 Å². The molecule has 1 aromatic rings. The van der Waals surface area contributed by atoms with Crippen LogP contribution < -0.4 is 10.0 Å². The van der Waals surface area contributed by atoms with Crippen molar-refractivity contribution in [3.05, 3.63) is 28.8 Å². The van der Waals surface area contributed by atoms with Gasteiger partial charge in [-0.15, -0.1) is 0 Å². The van der Waals surface area contributed by atoms with Crippen molar-refractivity contribution in [2.24, 2.45) is 5.92 Å². The van der Waals surface area contributed by atoms with Crippen LogP contribution in [0.25, 0.3) is 0 Å². The van der Waals surface area contributed by atoms with Crippen LogP contribution >= 0.6 is 0 Å². The summed E-state index contributed by atoms with van der Waals surface area (Å²) in [5.74, 6) is -1.82. The summed E-state index contributed by atoms with van der Waals surface area (Å²) in [6, 6.07) is 2.60. The van der Waals surface area contributed by atoms with Crippen LogP contribution in [0.4, 0.5) is 0 Å². The minimum atomic E-state index is -3.75. The lowest BCUT2D eigenvalue weighted by Crippen LogP contribution is -2.45. The number of carboxylic acid groups (broad SMARTS) is 1. The molecule has 7 nitrogen and oxygen atoms in total. The molecule has 0 heterocycles. The zero-order valence-corrected chi connectivity index (χ0v) is 16.7. The van der Waals surface area contributed by atoms with Crippen molar-refractivity contribution in [3.63, 3.8) is 0 Å². The molecule has 0 aliphatic rings. The first-order chi connectivity index (χ1) is 12.0. The Hall–Kier alpha value is -1.93. The highest BCUT2D eigenvalue weighted by atomic mass is 32.2. The second kappa shape index (κ2) is 9.14. The number of sulfonamides is 1. The van der Waals surface area contributed by atoms with Gasteiger partial charge in [0.1, 0.15) is 6.04 Å². The first kappa shape index (κ1) is 22.1. The fourth-order valence-electron chi connectivity index (χ4n) is 2.89. The fraction of sp³-hybridized carbons (Fsp3) is 0.556. The van der Waals surface area contributed by atoms with E-state index in [1.54, 1.807) is 32.9 Å². The number of rotatable bonds is 9. The number of hydrogen-bond acceptors (Lipinski definition) is 4. The number of hydrogen-bond donors (Lipinski definition) is 3. The molecule has 1 rings (SSSR count). The minimum absolute atomic E-state index is 0.103. The smallest absolute Gasteiger partial charge is 0.326 e. The van der Waals surface area contributed by atoms with Crippen LogP contribution in [0.5, 0.6) is 0 Å². The summed E-state index contributed by atoms with van der Waals surface area (Å²) in [6.45, 7) is 8.83. The Morgan fingerprint density at radius 2 is 1.69 bits per heavy atom. The Balaban J connectivity index is 2.72. The van der Waals surface area contributed by atoms with E-state index in [-0.39, 0.29) is 23.8 Å². The molecule has 1 amide bonds. The maximum Gasteiger partial charge on any atom is 0.326 e. The summed E-state index contributed by atoms with van der Waals surface area (Å²) >= 11 is 0. The molecule has 0 aliphatic carbocycles. The molecule has 0 aliphatic heterocycles. The Morgan fingerprint density at radius 3 is 2.15 bits per heavy atom. The molecule has 2 atom stereocenters. The van der Waals surface area contributed by atoms with Crippen molar-refractivity contribution in [3.8, 4) is 0 Å². The fourth-order valence-corrected chi connectivity index (χ4v) is 4.37. The molecular formula is C18H28N2O5S. The van der Waals surface area contributed by atoms with E-state index in [0.717, 1.165) is 5.56 Å². The Morgan fingerprint density at radius 1 is 1.15 bits per heavy atom. The molecule has 0 unspecified atom stereocenters. The summed E-state index contributed by atoms with van der Waals surface area (Å²) in [5, 5.41) is 11.6. The molecular weight excluding hydrogens is 356 g/mol. The lowest BCUT2D eigenvalue weighted by molar-refractivity contribution is -0.143. The van der Waals surface area contributed by atoms with Crippen molar-refractivity contribution >= 4 is 21.9 Å². The van der Waals surface area contributed by atoms with Gasteiger partial charge in [-0.25, -0.2) is 17.9 Å². The molecule has 0 spiro atoms. The van der Waals surface area contributed by atoms with Crippen LogP contribution in [0.2, 0.25) is 0 Å². The average Bonchev–Trinajstić information content (AvgIpc) is 2.49. The number of amides is 1. The van der Waals surface area contributed by atoms with Crippen molar-refractivity contribution in [1.82, 2.24) is 10.0 Å². The van der Waals surface area contributed by atoms with Gasteiger partial charge in [-0.2, -0.15) is 0 Å². The van der Waals surface area contributed by atoms with E-state index in [1.807, 2.05) is 13.8 Å². The SMILES string of the molecule is CC[C@H](C)[C@H](NC(=O)CCNS(=O)(=O)c1c(C)cc(C)cc1C)C(=O)O. The van der Waals surface area contributed by atoms with Gasteiger partial charge in [0.2, 0.25) is 15.9 Å². The highest BCUT2D eigenvalue weighted by molar-refractivity contribution is 7.89. The van der Waals surface area contributed by atoms with E-state index in [1.165, 1.54) is 0 Å². The van der Waals surface area contributed by atoms with Crippen molar-refractivity contribution in [2.45, 2.75) is 58.4 Å². The average molecular weight is 384 g/mol. The molecule has 8 heteroatoms. The molecule has 26 heavy (non-hydrogen) atoms. The molecule has 0 fully saturated rings. The van der Waals surface area contributed by atoms with Gasteiger partial charge in [0, 0.05) is 13.0 Å². The monoisotopic (exact) mass is 384 g/mol. The van der Waals surface area contributed by atoms with Gasteiger partial charge in [0.25, 0.3) is 0 Å².